The number of Topliss-reactive ketones (excluding diaryl/α,β-unsaturated/α-hetero) is 1. The van der Waals surface area contributed by atoms with E-state index in [0.717, 1.165) is 66.3 Å². The Bertz CT molecular complexity index is 942. The average Bonchev–Trinajstić information content (AvgIpc) is 2.97. The van der Waals surface area contributed by atoms with Gasteiger partial charge in [0.05, 0.1) is 5.54 Å². The van der Waals surface area contributed by atoms with Gasteiger partial charge in [0.2, 0.25) is 5.91 Å². The van der Waals surface area contributed by atoms with Crippen molar-refractivity contribution in [3.8, 4) is 11.1 Å². The lowest BCUT2D eigenvalue weighted by molar-refractivity contribution is -0.125. The molecule has 29 heavy (non-hydrogen) atoms. The predicted molar refractivity (Wildman–Crippen MR) is 112 cm³/mol. The summed E-state index contributed by atoms with van der Waals surface area (Å²) in [6, 6.07) is 10.5. The maximum atomic E-state index is 13.6. The Labute approximate surface area is 171 Å². The Kier molecular flexibility index (Phi) is 5.28. The van der Waals surface area contributed by atoms with Crippen LogP contribution < -0.4 is 5.32 Å². The van der Waals surface area contributed by atoms with Gasteiger partial charge in [-0.25, -0.2) is 4.39 Å². The molecule has 1 aliphatic heterocycles. The van der Waals surface area contributed by atoms with Gasteiger partial charge >= 0.3 is 0 Å². The minimum Gasteiger partial charge on any atom is -0.343 e. The van der Waals surface area contributed by atoms with Crippen molar-refractivity contribution in [3.63, 3.8) is 0 Å². The number of halogens is 1. The normalized spacial score (nSPS) is 20.9. The quantitative estimate of drug-likeness (QED) is 0.735. The molecule has 0 aromatic heterocycles. The zero-order chi connectivity index (χ0) is 20.6. The largest absolute Gasteiger partial charge is 0.343 e. The molecule has 152 valence electrons. The maximum absolute atomic E-state index is 13.6. The van der Waals surface area contributed by atoms with E-state index in [0.29, 0.717) is 6.42 Å². The van der Waals surface area contributed by atoms with Crippen molar-refractivity contribution < 1.29 is 14.0 Å². The average molecular weight is 394 g/mol. The van der Waals surface area contributed by atoms with E-state index in [1.165, 1.54) is 12.1 Å². The Morgan fingerprint density at radius 1 is 0.966 bits per heavy atom. The Morgan fingerprint density at radius 3 is 2.28 bits per heavy atom. The van der Waals surface area contributed by atoms with E-state index >= 15 is 0 Å². The fraction of sp³-hybridized carbons (Fsp3) is 0.440. The van der Waals surface area contributed by atoms with Crippen molar-refractivity contribution in [2.24, 2.45) is 0 Å². The summed E-state index contributed by atoms with van der Waals surface area (Å²) in [4.78, 5) is 26.7. The van der Waals surface area contributed by atoms with Crippen LogP contribution >= 0.6 is 0 Å². The summed E-state index contributed by atoms with van der Waals surface area (Å²) in [6.45, 7) is 4.11. The van der Waals surface area contributed by atoms with E-state index in [4.69, 9.17) is 0 Å². The monoisotopic (exact) mass is 393 g/mol. The number of aryl methyl sites for hydroxylation is 1. The van der Waals surface area contributed by atoms with Crippen molar-refractivity contribution in [2.45, 2.75) is 70.3 Å². The van der Waals surface area contributed by atoms with Crippen LogP contribution in [0.25, 0.3) is 11.1 Å². The van der Waals surface area contributed by atoms with Gasteiger partial charge in [-0.15, -0.1) is 0 Å². The van der Waals surface area contributed by atoms with E-state index in [2.05, 4.69) is 19.2 Å². The van der Waals surface area contributed by atoms with Gasteiger partial charge in [0.25, 0.3) is 0 Å². The first-order chi connectivity index (χ1) is 14.0. The third-order valence-corrected chi connectivity index (χ3v) is 6.69. The van der Waals surface area contributed by atoms with Crippen LogP contribution in [0.3, 0.4) is 0 Å². The fourth-order valence-electron chi connectivity index (χ4n) is 5.22. The number of rotatable bonds is 4. The van der Waals surface area contributed by atoms with Crippen LogP contribution in [0.1, 0.15) is 68.6 Å². The Balaban J connectivity index is 1.86. The van der Waals surface area contributed by atoms with E-state index < -0.39 is 11.5 Å². The molecule has 4 heteroatoms. The molecule has 1 amide bonds. The summed E-state index contributed by atoms with van der Waals surface area (Å²) in [7, 11) is 0. The minimum atomic E-state index is -0.738. The molecule has 2 aromatic carbocycles. The van der Waals surface area contributed by atoms with E-state index in [1.807, 2.05) is 12.1 Å². The molecule has 1 unspecified atom stereocenters. The summed E-state index contributed by atoms with van der Waals surface area (Å²) in [5, 5.41) is 3.10. The number of carbonyl (C=O) groups excluding carboxylic acids is 2. The lowest BCUT2D eigenvalue weighted by Crippen LogP contribution is -2.47. The van der Waals surface area contributed by atoms with Gasteiger partial charge in [0.1, 0.15) is 11.7 Å². The molecule has 1 atom stereocenters. The Hall–Kier alpha value is -2.49. The van der Waals surface area contributed by atoms with Crippen molar-refractivity contribution in [1.29, 1.82) is 0 Å². The topological polar surface area (TPSA) is 46.2 Å². The highest BCUT2D eigenvalue weighted by molar-refractivity contribution is 6.17. The highest BCUT2D eigenvalue weighted by Crippen LogP contribution is 2.42. The molecule has 1 spiro atoms. The SMILES string of the molecule is CCc1ccc(-c2ccc(F)cc2)c(CC)c1C1C(=O)NC2(CCCCC2)C1=O. The molecule has 1 saturated heterocycles. The van der Waals surface area contributed by atoms with Gasteiger partial charge in [-0.1, -0.05) is 57.4 Å². The molecule has 2 aliphatic rings. The molecule has 2 fully saturated rings. The third-order valence-electron chi connectivity index (χ3n) is 6.69. The van der Waals surface area contributed by atoms with E-state index in [-0.39, 0.29) is 17.5 Å². The summed E-state index contributed by atoms with van der Waals surface area (Å²) in [5.41, 5.74) is 4.16. The lowest BCUT2D eigenvalue weighted by atomic mass is 9.74. The number of hydrogen-bond donors (Lipinski definition) is 1. The molecule has 0 radical (unpaired) electrons. The molecule has 3 nitrogen and oxygen atoms in total. The number of nitrogens with one attached hydrogen (secondary N) is 1. The predicted octanol–water partition coefficient (Wildman–Crippen LogP) is 5.10. The Morgan fingerprint density at radius 2 is 1.66 bits per heavy atom. The molecule has 1 heterocycles. The zero-order valence-electron chi connectivity index (χ0n) is 17.2. The van der Waals surface area contributed by atoms with E-state index in [1.54, 1.807) is 12.1 Å². The number of benzene rings is 2. The highest BCUT2D eigenvalue weighted by Gasteiger charge is 2.53. The smallest absolute Gasteiger partial charge is 0.235 e. The van der Waals surface area contributed by atoms with E-state index in [9.17, 15) is 14.0 Å². The number of hydrogen-bond acceptors (Lipinski definition) is 2. The molecule has 4 rings (SSSR count). The van der Waals surface area contributed by atoms with Crippen molar-refractivity contribution in [3.05, 3.63) is 58.9 Å². The van der Waals surface area contributed by atoms with Crippen LogP contribution in [0.5, 0.6) is 0 Å². The molecule has 1 saturated carbocycles. The van der Waals surface area contributed by atoms with Crippen LogP contribution in [0.2, 0.25) is 0 Å². The van der Waals surface area contributed by atoms with Gasteiger partial charge < -0.3 is 5.32 Å². The summed E-state index contributed by atoms with van der Waals surface area (Å²) >= 11 is 0. The first kappa shape index (κ1) is 19.8. The molecular formula is C25H28FNO2. The first-order valence-corrected chi connectivity index (χ1v) is 10.8. The zero-order valence-corrected chi connectivity index (χ0v) is 17.2. The van der Waals surface area contributed by atoms with Gasteiger partial charge in [-0.3, -0.25) is 9.59 Å². The van der Waals surface area contributed by atoms with Gasteiger partial charge in [0.15, 0.2) is 5.78 Å². The standard InChI is InChI=1S/C25H28FNO2/c1-3-16-10-13-20(17-8-11-18(26)12-9-17)19(4-2)21(16)22-23(28)25(27-24(22)29)14-6-5-7-15-25/h8-13,22H,3-7,14-15H2,1-2H3,(H,27,29). The second-order valence-electron chi connectivity index (χ2n) is 8.31. The first-order valence-electron chi connectivity index (χ1n) is 10.8. The summed E-state index contributed by atoms with van der Waals surface area (Å²) < 4.78 is 13.4. The molecule has 0 bridgehead atoms. The molecule has 1 N–H and O–H groups in total. The van der Waals surface area contributed by atoms with Crippen LogP contribution in [0, 0.1) is 5.82 Å². The summed E-state index contributed by atoms with van der Waals surface area (Å²) in [6.07, 6.45) is 6.04. The number of carbonyl (C=O) groups is 2. The van der Waals surface area contributed by atoms with Crippen molar-refractivity contribution in [1.82, 2.24) is 5.32 Å². The van der Waals surface area contributed by atoms with Crippen LogP contribution in [-0.2, 0) is 22.4 Å². The van der Waals surface area contributed by atoms with Gasteiger partial charge in [-0.2, -0.15) is 0 Å². The number of ketones is 1. The lowest BCUT2D eigenvalue weighted by Gasteiger charge is -2.31. The van der Waals surface area contributed by atoms with Crippen LogP contribution in [-0.4, -0.2) is 17.2 Å². The van der Waals surface area contributed by atoms with Crippen molar-refractivity contribution in [2.75, 3.05) is 0 Å². The van der Waals surface area contributed by atoms with Crippen molar-refractivity contribution >= 4 is 11.7 Å². The minimum absolute atomic E-state index is 0.0443. The fourth-order valence-corrected chi connectivity index (χ4v) is 5.22. The van der Waals surface area contributed by atoms with Crippen LogP contribution in [0.4, 0.5) is 4.39 Å². The molecular weight excluding hydrogens is 365 g/mol. The molecule has 1 aliphatic carbocycles. The third kappa shape index (κ3) is 3.29. The second kappa shape index (κ2) is 7.74. The summed E-state index contributed by atoms with van der Waals surface area (Å²) in [5.74, 6) is -1.12. The van der Waals surface area contributed by atoms with Gasteiger partial charge in [-0.05, 0) is 65.6 Å². The maximum Gasteiger partial charge on any atom is 0.235 e. The number of amides is 1. The van der Waals surface area contributed by atoms with Crippen LogP contribution in [0.15, 0.2) is 36.4 Å². The highest BCUT2D eigenvalue weighted by atomic mass is 19.1. The second-order valence-corrected chi connectivity index (χ2v) is 8.31. The van der Waals surface area contributed by atoms with Gasteiger partial charge in [0, 0.05) is 0 Å². The molecule has 2 aromatic rings.